The van der Waals surface area contributed by atoms with Crippen molar-refractivity contribution in [2.24, 2.45) is 0 Å². The van der Waals surface area contributed by atoms with Gasteiger partial charge in [0.15, 0.2) is 0 Å². The van der Waals surface area contributed by atoms with Gasteiger partial charge in [-0.05, 0) is 0 Å². The Morgan fingerprint density at radius 2 is 0.500 bits per heavy atom. The molecule has 0 aromatic rings. The van der Waals surface area contributed by atoms with Gasteiger partial charge < -0.3 is 36.9 Å². The Morgan fingerprint density at radius 1 is 0.500 bits per heavy atom. The van der Waals surface area contributed by atoms with Crippen LogP contribution in [0.15, 0.2) is 0 Å². The Morgan fingerprint density at radius 3 is 0.500 bits per heavy atom. The van der Waals surface area contributed by atoms with Crippen LogP contribution < -0.4 is 0 Å². The summed E-state index contributed by atoms with van der Waals surface area (Å²) in [4.78, 5) is 0. The molecular formula is H12IN6Os-6. The van der Waals surface area contributed by atoms with Gasteiger partial charge in [0.05, 0.1) is 0 Å². The summed E-state index contributed by atoms with van der Waals surface area (Å²) in [5, 5.41) is 0. The summed E-state index contributed by atoms with van der Waals surface area (Å²) in [6.07, 6.45) is 0. The van der Waals surface area contributed by atoms with Crippen molar-refractivity contribution in [2.45, 2.75) is 0 Å². The van der Waals surface area contributed by atoms with E-state index in [1.165, 1.54) is 0 Å². The molecule has 0 aliphatic carbocycles. The van der Waals surface area contributed by atoms with E-state index >= 15 is 0 Å². The van der Waals surface area contributed by atoms with Gasteiger partial charge in [-0.2, -0.15) is 0 Å². The molecule has 0 unspecified atom stereocenters. The third kappa shape index (κ3) is 211. The van der Waals surface area contributed by atoms with Crippen molar-refractivity contribution in [3.63, 3.8) is 0 Å². The van der Waals surface area contributed by atoms with Gasteiger partial charge in [-0.15, -0.1) is 0 Å². The van der Waals surface area contributed by atoms with Gasteiger partial charge in [0, 0.05) is 0 Å². The fourth-order valence-electron chi connectivity index (χ4n) is 0. The first kappa shape index (κ1) is 133. The number of halogens is 1. The van der Waals surface area contributed by atoms with E-state index in [0.29, 0.717) is 0 Å². The van der Waals surface area contributed by atoms with Crippen LogP contribution in [0.1, 0.15) is 0 Å². The first-order valence-corrected chi connectivity index (χ1v) is 7.34. The molecular weight excluding hydrogens is 401 g/mol. The number of rotatable bonds is 0. The minimum absolute atomic E-state index is 0. The van der Waals surface area contributed by atoms with Gasteiger partial charge in [-0.1, -0.05) is 0 Å². The molecule has 0 amide bonds. The molecule has 8 heavy (non-hydrogen) atoms. The number of hydrogen-bond donors (Lipinski definition) is 0. The zero-order chi connectivity index (χ0) is 2.00. The van der Waals surface area contributed by atoms with Gasteiger partial charge in [-0.3, -0.25) is 0 Å². The second-order valence-corrected chi connectivity index (χ2v) is 0. The quantitative estimate of drug-likeness (QED) is 0.471. The Balaban J connectivity index is -0.000000000333. The van der Waals surface area contributed by atoms with E-state index in [1.807, 2.05) is 15.1 Å². The molecule has 0 rings (SSSR count). The van der Waals surface area contributed by atoms with E-state index in [2.05, 4.69) is 19.7 Å². The van der Waals surface area contributed by atoms with Crippen LogP contribution in [-0.2, 0) is 15.1 Å². The molecule has 0 atom stereocenters. The fourth-order valence-corrected chi connectivity index (χ4v) is 0. The van der Waals surface area contributed by atoms with E-state index in [1.54, 1.807) is 0 Å². The van der Waals surface area contributed by atoms with Crippen molar-refractivity contribution in [1.82, 2.24) is 0 Å². The summed E-state index contributed by atoms with van der Waals surface area (Å²) in [5.74, 6) is 0. The molecule has 0 aliphatic rings. The topological polar surface area (TPSA) is 201 Å². The number of hydrogen-bond acceptors (Lipinski definition) is 0. The maximum absolute atomic E-state index is 2.18. The van der Waals surface area contributed by atoms with Gasteiger partial charge >= 0.3 is 34.7 Å². The summed E-state index contributed by atoms with van der Waals surface area (Å²) < 4.78 is 0. The molecule has 0 aliphatic heterocycles. The molecule has 0 radical (unpaired) electrons. The molecule has 8 heteroatoms. The van der Waals surface area contributed by atoms with Crippen molar-refractivity contribution in [2.75, 3.05) is 0 Å². The average molecular weight is 413 g/mol. The minimum atomic E-state index is 0. The van der Waals surface area contributed by atoms with Crippen LogP contribution in [0.5, 0.6) is 0 Å². The molecule has 0 fully saturated rings. The molecule has 0 spiro atoms. The minimum Gasteiger partial charge on any atom is -0.693 e. The van der Waals surface area contributed by atoms with Gasteiger partial charge in [0.2, 0.25) is 0 Å². The maximum atomic E-state index is 2.18. The molecule has 0 saturated carbocycles. The van der Waals surface area contributed by atoms with E-state index in [0.717, 1.165) is 0 Å². The second-order valence-electron chi connectivity index (χ2n) is 0. The van der Waals surface area contributed by atoms with E-state index in [9.17, 15) is 0 Å². The van der Waals surface area contributed by atoms with Crippen molar-refractivity contribution in [3.05, 3.63) is 36.9 Å². The van der Waals surface area contributed by atoms with Crippen molar-refractivity contribution in [3.8, 4) is 0 Å². The molecule has 0 aromatic carbocycles. The van der Waals surface area contributed by atoms with Gasteiger partial charge in [0.25, 0.3) is 0 Å². The van der Waals surface area contributed by atoms with Crippen molar-refractivity contribution >= 4 is 19.7 Å². The third-order valence-corrected chi connectivity index (χ3v) is 0. The van der Waals surface area contributed by atoms with Gasteiger partial charge in [-0.25, -0.2) is 0 Å². The summed E-state index contributed by atoms with van der Waals surface area (Å²) in [6.45, 7) is 0. The summed E-state index contributed by atoms with van der Waals surface area (Å²) in [7, 11) is 0. The van der Waals surface area contributed by atoms with Crippen LogP contribution in [0.4, 0.5) is 0 Å². The molecule has 12 N–H and O–H groups in total. The second kappa shape index (κ2) is 325. The fraction of sp³-hybridized carbons (Fsp3) is 0. The predicted molar refractivity (Wildman–Crippen MR) is 45.7 cm³/mol. The van der Waals surface area contributed by atoms with Crippen LogP contribution in [0.25, 0.3) is 36.9 Å². The predicted octanol–water partition coefficient (Wildman–Crippen LogP) is 5.19. The first-order chi connectivity index (χ1) is 1.00. The SMILES string of the molecule is [I][Os].[NH2-].[NH2-].[NH2-].[NH2-].[NH2-].[NH2-]. The van der Waals surface area contributed by atoms with Gasteiger partial charge in [0.1, 0.15) is 0 Å². The van der Waals surface area contributed by atoms with Crippen LogP contribution >= 0.6 is 19.7 Å². The molecule has 0 heterocycles. The van der Waals surface area contributed by atoms with Crippen molar-refractivity contribution < 1.29 is 15.1 Å². The zero-order valence-electron chi connectivity index (χ0n) is 4.20. The monoisotopic (exact) mass is 415 g/mol. The molecule has 6 nitrogen and oxygen atoms in total. The molecule has 63 valence electrons. The molecule has 0 aromatic heterocycles. The van der Waals surface area contributed by atoms with Crippen LogP contribution in [0.2, 0.25) is 0 Å². The maximum Gasteiger partial charge on any atom is -0.693 e. The normalized spacial score (nSPS) is 0.750. The standard InChI is InChI=1S/HI.6H2N.Os/h1H;6*1H2;/q;6*-1;+1/p-1. The average Bonchev–Trinajstić information content (AvgIpc) is 1.00. The smallest absolute Gasteiger partial charge is 0.693 e. The first-order valence-electron chi connectivity index (χ1n) is 0.134. The largest absolute Gasteiger partial charge is 0.693 e. The Bertz CT molecular complexity index is 8.49. The zero-order valence-corrected chi connectivity index (χ0v) is 8.89. The Labute approximate surface area is 71.5 Å². The summed E-state index contributed by atoms with van der Waals surface area (Å²) in [5.41, 5.74) is 0. The van der Waals surface area contributed by atoms with Crippen LogP contribution in [0, 0.1) is 0 Å². The van der Waals surface area contributed by atoms with E-state index in [-0.39, 0.29) is 36.9 Å². The van der Waals surface area contributed by atoms with Crippen LogP contribution in [0.3, 0.4) is 0 Å². The Kier molecular flexibility index (Phi) is 5420. The third-order valence-electron chi connectivity index (χ3n) is 0. The summed E-state index contributed by atoms with van der Waals surface area (Å²) in [6, 6.07) is 0. The Hall–Kier alpha value is 1.13. The van der Waals surface area contributed by atoms with Crippen LogP contribution in [-0.4, -0.2) is 0 Å². The number of nitrogens with two attached hydrogens (primary N) is 6. The molecule has 0 saturated heterocycles. The summed E-state index contributed by atoms with van der Waals surface area (Å²) >= 11 is 4.01. The van der Waals surface area contributed by atoms with E-state index < -0.39 is 0 Å². The van der Waals surface area contributed by atoms with E-state index in [4.69, 9.17) is 0 Å². The molecule has 0 bridgehead atoms. The van der Waals surface area contributed by atoms with Crippen molar-refractivity contribution in [1.29, 1.82) is 0 Å².